The number of morpholine rings is 1. The van der Waals surface area contributed by atoms with Crippen LogP contribution >= 0.6 is 0 Å². The van der Waals surface area contributed by atoms with Crippen LogP contribution in [0.1, 0.15) is 22.6 Å². The number of hydrogen-bond acceptors (Lipinski definition) is 4. The van der Waals surface area contributed by atoms with Crippen LogP contribution in [0, 0.1) is 0 Å². The Labute approximate surface area is 154 Å². The summed E-state index contributed by atoms with van der Waals surface area (Å²) in [6, 6.07) is 15.5. The molecule has 0 radical (unpaired) electrons. The Bertz CT molecular complexity index is 927. The van der Waals surface area contributed by atoms with Crippen molar-refractivity contribution in [3.8, 4) is 0 Å². The van der Waals surface area contributed by atoms with Crippen LogP contribution < -0.4 is 4.90 Å². The number of anilines is 1. The Morgan fingerprint density at radius 2 is 1.88 bits per heavy atom. The Balaban J connectivity index is 1.57. The fourth-order valence-electron chi connectivity index (χ4n) is 4.41. The van der Waals surface area contributed by atoms with Gasteiger partial charge in [-0.15, -0.1) is 0 Å². The third-order valence-corrected chi connectivity index (χ3v) is 5.70. The number of fused-ring (bicyclic) bond motifs is 2. The van der Waals surface area contributed by atoms with Crippen molar-refractivity contribution >= 4 is 16.7 Å². The van der Waals surface area contributed by atoms with Gasteiger partial charge in [-0.05, 0) is 36.4 Å². The van der Waals surface area contributed by atoms with Crippen LogP contribution in [-0.2, 0) is 11.3 Å². The van der Waals surface area contributed by atoms with Crippen LogP contribution in [0.3, 0.4) is 0 Å². The Morgan fingerprint density at radius 1 is 1.00 bits per heavy atom. The Hall–Kier alpha value is -2.30. The highest BCUT2D eigenvalue weighted by molar-refractivity contribution is 5.81. The van der Waals surface area contributed by atoms with Crippen LogP contribution in [0.2, 0.25) is 0 Å². The highest BCUT2D eigenvalue weighted by atomic mass is 16.5. The highest BCUT2D eigenvalue weighted by Gasteiger charge is 2.27. The minimum Gasteiger partial charge on any atom is -0.464 e. The highest BCUT2D eigenvalue weighted by Crippen LogP contribution is 2.38. The molecule has 1 fully saturated rings. The molecule has 2 aliphatic rings. The fraction of sp³-hybridized carbons (Fsp3) is 0.364. The van der Waals surface area contributed by atoms with Crippen molar-refractivity contribution in [2.45, 2.75) is 12.5 Å². The van der Waals surface area contributed by atoms with E-state index in [1.165, 1.54) is 27.8 Å². The molecule has 0 bridgehead atoms. The topological polar surface area (TPSA) is 28.9 Å². The average molecular weight is 348 g/mol. The molecule has 4 nitrogen and oxygen atoms in total. The van der Waals surface area contributed by atoms with Crippen molar-refractivity contribution in [2.24, 2.45) is 0 Å². The molecule has 0 aliphatic carbocycles. The van der Waals surface area contributed by atoms with Crippen LogP contribution in [0.25, 0.3) is 11.0 Å². The maximum absolute atomic E-state index is 5.83. The molecule has 0 spiro atoms. The van der Waals surface area contributed by atoms with Gasteiger partial charge < -0.3 is 19.0 Å². The first kappa shape index (κ1) is 15.9. The number of likely N-dealkylation sites (N-methyl/N-ethyl adjacent to an activating group) is 1. The smallest absolute Gasteiger partial charge is 0.137 e. The van der Waals surface area contributed by atoms with Gasteiger partial charge in [0.25, 0.3) is 0 Å². The minimum absolute atomic E-state index is 0.345. The lowest BCUT2D eigenvalue weighted by atomic mass is 9.84. The molecule has 2 aliphatic heterocycles. The van der Waals surface area contributed by atoms with Gasteiger partial charge in [-0.25, -0.2) is 0 Å². The van der Waals surface area contributed by atoms with Crippen LogP contribution in [0.4, 0.5) is 5.69 Å². The summed E-state index contributed by atoms with van der Waals surface area (Å²) in [4.78, 5) is 4.85. The maximum Gasteiger partial charge on any atom is 0.137 e. The van der Waals surface area contributed by atoms with E-state index in [-0.39, 0.29) is 0 Å². The van der Waals surface area contributed by atoms with E-state index in [0.717, 1.165) is 45.0 Å². The normalized spacial score (nSPS) is 21.1. The van der Waals surface area contributed by atoms with E-state index in [2.05, 4.69) is 53.2 Å². The number of hydrogen-bond donors (Lipinski definition) is 0. The monoisotopic (exact) mass is 348 g/mol. The van der Waals surface area contributed by atoms with Gasteiger partial charge in [0, 0.05) is 48.7 Å². The molecule has 1 aromatic heterocycles. The molecule has 3 heterocycles. The Kier molecular flexibility index (Phi) is 3.95. The molecule has 1 unspecified atom stereocenters. The largest absolute Gasteiger partial charge is 0.464 e. The first-order valence-electron chi connectivity index (χ1n) is 9.40. The fourth-order valence-corrected chi connectivity index (χ4v) is 4.41. The van der Waals surface area contributed by atoms with E-state index >= 15 is 0 Å². The van der Waals surface area contributed by atoms with Gasteiger partial charge in [-0.2, -0.15) is 0 Å². The number of rotatable bonds is 2. The van der Waals surface area contributed by atoms with Gasteiger partial charge in [0.1, 0.15) is 5.58 Å². The predicted molar refractivity (Wildman–Crippen MR) is 104 cm³/mol. The molecule has 4 heteroatoms. The second-order valence-corrected chi connectivity index (χ2v) is 7.42. The summed E-state index contributed by atoms with van der Waals surface area (Å²) in [5, 5.41) is 1.18. The minimum atomic E-state index is 0.345. The summed E-state index contributed by atoms with van der Waals surface area (Å²) in [6.07, 6.45) is 1.79. The van der Waals surface area contributed by atoms with Crippen molar-refractivity contribution in [1.29, 1.82) is 0 Å². The quantitative estimate of drug-likeness (QED) is 0.703. The van der Waals surface area contributed by atoms with E-state index in [1.807, 2.05) is 6.07 Å². The molecule has 26 heavy (non-hydrogen) atoms. The van der Waals surface area contributed by atoms with E-state index in [1.54, 1.807) is 6.26 Å². The second-order valence-electron chi connectivity index (χ2n) is 7.42. The molecule has 2 aromatic carbocycles. The van der Waals surface area contributed by atoms with Crippen LogP contribution in [0.5, 0.6) is 0 Å². The van der Waals surface area contributed by atoms with Crippen LogP contribution in [0.15, 0.2) is 53.1 Å². The summed E-state index contributed by atoms with van der Waals surface area (Å²) >= 11 is 0. The third-order valence-electron chi connectivity index (χ3n) is 5.70. The molecule has 134 valence electrons. The molecule has 3 aromatic rings. The van der Waals surface area contributed by atoms with E-state index in [0.29, 0.717) is 5.92 Å². The SMILES string of the molecule is CN1Cc2cc(N3CCOCC3)ccc2C(c2cccc3ccoc23)C1. The van der Waals surface area contributed by atoms with Gasteiger partial charge >= 0.3 is 0 Å². The third kappa shape index (κ3) is 2.70. The second kappa shape index (κ2) is 6.45. The lowest BCUT2D eigenvalue weighted by Gasteiger charge is -2.35. The standard InChI is InChI=1S/C22H24N2O2/c1-23-14-17-13-18(24-8-11-25-12-9-24)5-6-19(17)21(15-23)20-4-2-3-16-7-10-26-22(16)20/h2-7,10,13,21H,8-9,11-12,14-15H2,1H3. The number of ether oxygens (including phenoxy) is 1. The molecule has 0 amide bonds. The maximum atomic E-state index is 5.83. The molecule has 0 saturated carbocycles. The zero-order valence-electron chi connectivity index (χ0n) is 15.1. The zero-order chi connectivity index (χ0) is 17.5. The summed E-state index contributed by atoms with van der Waals surface area (Å²) in [7, 11) is 2.21. The van der Waals surface area contributed by atoms with Crippen molar-refractivity contribution in [1.82, 2.24) is 4.90 Å². The molecule has 0 N–H and O–H groups in total. The predicted octanol–water partition coefficient (Wildman–Crippen LogP) is 3.85. The van der Waals surface area contributed by atoms with Crippen molar-refractivity contribution in [3.05, 3.63) is 65.4 Å². The summed E-state index contributed by atoms with van der Waals surface area (Å²) < 4.78 is 11.3. The number of nitrogens with zero attached hydrogens (tertiary/aromatic N) is 2. The van der Waals surface area contributed by atoms with Gasteiger partial charge in [-0.3, -0.25) is 0 Å². The van der Waals surface area contributed by atoms with Crippen molar-refractivity contribution in [2.75, 3.05) is 44.8 Å². The zero-order valence-corrected chi connectivity index (χ0v) is 15.1. The lowest BCUT2D eigenvalue weighted by Crippen LogP contribution is -2.36. The lowest BCUT2D eigenvalue weighted by molar-refractivity contribution is 0.122. The molecule has 5 rings (SSSR count). The van der Waals surface area contributed by atoms with E-state index < -0.39 is 0 Å². The molecular formula is C22H24N2O2. The first-order chi connectivity index (χ1) is 12.8. The van der Waals surface area contributed by atoms with Gasteiger partial charge in [-0.1, -0.05) is 24.3 Å². The van der Waals surface area contributed by atoms with Crippen molar-refractivity contribution in [3.63, 3.8) is 0 Å². The first-order valence-corrected chi connectivity index (χ1v) is 9.40. The number of furan rings is 1. The van der Waals surface area contributed by atoms with Crippen molar-refractivity contribution < 1.29 is 9.15 Å². The molecule has 1 saturated heterocycles. The van der Waals surface area contributed by atoms with Crippen LogP contribution in [-0.4, -0.2) is 44.8 Å². The summed E-state index contributed by atoms with van der Waals surface area (Å²) in [5.74, 6) is 0.345. The van der Waals surface area contributed by atoms with Gasteiger partial charge in [0.15, 0.2) is 0 Å². The van der Waals surface area contributed by atoms with E-state index in [9.17, 15) is 0 Å². The summed E-state index contributed by atoms with van der Waals surface area (Å²) in [6.45, 7) is 5.61. The van der Waals surface area contributed by atoms with Gasteiger partial charge in [0.05, 0.1) is 19.5 Å². The molecular weight excluding hydrogens is 324 g/mol. The number of benzene rings is 2. The Morgan fingerprint density at radius 3 is 2.77 bits per heavy atom. The summed E-state index contributed by atoms with van der Waals surface area (Å²) in [5.41, 5.74) is 6.49. The van der Waals surface area contributed by atoms with E-state index in [4.69, 9.17) is 9.15 Å². The average Bonchev–Trinajstić information content (AvgIpc) is 3.16. The number of para-hydroxylation sites is 1. The van der Waals surface area contributed by atoms with Gasteiger partial charge in [0.2, 0.25) is 0 Å². The molecule has 1 atom stereocenters.